The van der Waals surface area contributed by atoms with Crippen LogP contribution >= 0.6 is 11.3 Å². The minimum atomic E-state index is -0.258. The lowest BCUT2D eigenvalue weighted by molar-refractivity contribution is -0.133. The molecule has 1 N–H and O–H groups in total. The van der Waals surface area contributed by atoms with Crippen molar-refractivity contribution in [2.75, 3.05) is 18.0 Å². The summed E-state index contributed by atoms with van der Waals surface area (Å²) in [5, 5.41) is 13.4. The molecule has 3 fully saturated rings. The molecule has 0 bridgehead atoms. The number of carbonyl (C=O) groups excluding carboxylic acids is 1. The molecule has 3 aliphatic rings. The van der Waals surface area contributed by atoms with E-state index < -0.39 is 0 Å². The lowest BCUT2D eigenvalue weighted by Crippen LogP contribution is -2.45. The molecule has 0 unspecified atom stereocenters. The lowest BCUT2D eigenvalue weighted by Gasteiger charge is -2.33. The Hall–Kier alpha value is -1.21. The van der Waals surface area contributed by atoms with E-state index in [2.05, 4.69) is 20.4 Å². The van der Waals surface area contributed by atoms with Crippen molar-refractivity contribution < 1.29 is 9.53 Å². The first-order chi connectivity index (χ1) is 10.7. The van der Waals surface area contributed by atoms with Crippen LogP contribution in [0.25, 0.3) is 0 Å². The van der Waals surface area contributed by atoms with Gasteiger partial charge in [-0.3, -0.25) is 4.79 Å². The first-order valence-corrected chi connectivity index (χ1v) is 9.01. The van der Waals surface area contributed by atoms with Crippen LogP contribution in [0.5, 0.6) is 0 Å². The van der Waals surface area contributed by atoms with Gasteiger partial charge in [0, 0.05) is 19.1 Å². The summed E-state index contributed by atoms with van der Waals surface area (Å²) in [7, 11) is 0. The molecular formula is C15H22N4O2S. The molecule has 1 aromatic heterocycles. The van der Waals surface area contributed by atoms with Crippen LogP contribution in [0.4, 0.5) is 5.13 Å². The molecule has 1 amide bonds. The van der Waals surface area contributed by atoms with E-state index >= 15 is 0 Å². The minimum absolute atomic E-state index is 0.0948. The van der Waals surface area contributed by atoms with Crippen molar-refractivity contribution in [1.29, 1.82) is 0 Å². The van der Waals surface area contributed by atoms with Crippen LogP contribution in [0, 0.1) is 12.8 Å². The Labute approximate surface area is 134 Å². The summed E-state index contributed by atoms with van der Waals surface area (Å²) in [6.45, 7) is 3.78. The van der Waals surface area contributed by atoms with Crippen LogP contribution in [-0.4, -0.2) is 47.4 Å². The zero-order valence-corrected chi connectivity index (χ0v) is 13.6. The van der Waals surface area contributed by atoms with Crippen molar-refractivity contribution in [2.24, 2.45) is 5.92 Å². The Morgan fingerprint density at radius 3 is 2.91 bits per heavy atom. The van der Waals surface area contributed by atoms with Crippen LogP contribution in [0.1, 0.15) is 37.1 Å². The molecule has 7 heteroatoms. The molecule has 0 radical (unpaired) electrons. The van der Waals surface area contributed by atoms with Gasteiger partial charge >= 0.3 is 0 Å². The Morgan fingerprint density at radius 1 is 1.36 bits per heavy atom. The number of amides is 1. The van der Waals surface area contributed by atoms with Crippen LogP contribution in [0.15, 0.2) is 0 Å². The monoisotopic (exact) mass is 322 g/mol. The van der Waals surface area contributed by atoms with Gasteiger partial charge in [-0.25, -0.2) is 0 Å². The standard InChI is InChI=1S/C15H22N4O2S/c1-9-17-18-15(22-9)19-6-5-10-7-12(21-13(10)8-19)14(20)16-11-3-2-4-11/h10-13H,2-8H2,1H3,(H,16,20)/t10-,12-,13+/m1/s1. The van der Waals surface area contributed by atoms with Crippen molar-refractivity contribution >= 4 is 22.4 Å². The van der Waals surface area contributed by atoms with Gasteiger partial charge in [0.15, 0.2) is 0 Å². The van der Waals surface area contributed by atoms with Gasteiger partial charge in [0.05, 0.1) is 6.10 Å². The number of nitrogens with one attached hydrogen (secondary N) is 1. The Balaban J connectivity index is 1.36. The minimum Gasteiger partial charge on any atom is -0.363 e. The maximum Gasteiger partial charge on any atom is 0.249 e. The van der Waals surface area contributed by atoms with E-state index in [1.54, 1.807) is 11.3 Å². The molecule has 0 aromatic carbocycles. The van der Waals surface area contributed by atoms with Gasteiger partial charge in [0.25, 0.3) is 0 Å². The first-order valence-electron chi connectivity index (χ1n) is 8.20. The number of nitrogens with zero attached hydrogens (tertiary/aromatic N) is 3. The van der Waals surface area contributed by atoms with E-state index in [0.29, 0.717) is 12.0 Å². The van der Waals surface area contributed by atoms with Gasteiger partial charge in [-0.15, -0.1) is 10.2 Å². The van der Waals surface area contributed by atoms with E-state index in [-0.39, 0.29) is 18.1 Å². The summed E-state index contributed by atoms with van der Waals surface area (Å²) in [6, 6.07) is 0.389. The van der Waals surface area contributed by atoms with Crippen molar-refractivity contribution in [3.05, 3.63) is 5.01 Å². The highest BCUT2D eigenvalue weighted by molar-refractivity contribution is 7.15. The number of anilines is 1. The molecule has 2 saturated heterocycles. The van der Waals surface area contributed by atoms with Gasteiger partial charge in [-0.05, 0) is 44.9 Å². The molecule has 2 aliphatic heterocycles. The highest BCUT2D eigenvalue weighted by Crippen LogP contribution is 2.35. The van der Waals surface area contributed by atoms with Gasteiger partial charge < -0.3 is 15.0 Å². The number of piperidine rings is 1. The maximum absolute atomic E-state index is 12.3. The van der Waals surface area contributed by atoms with E-state index in [1.807, 2.05) is 6.92 Å². The first kappa shape index (κ1) is 14.4. The number of ether oxygens (including phenoxy) is 1. The third-order valence-corrected chi connectivity index (χ3v) is 5.98. The third-order valence-electron chi connectivity index (χ3n) is 5.08. The molecule has 6 nitrogen and oxygen atoms in total. The van der Waals surface area contributed by atoms with E-state index in [4.69, 9.17) is 4.74 Å². The molecule has 1 aliphatic carbocycles. The Bertz CT molecular complexity index is 559. The van der Waals surface area contributed by atoms with Gasteiger partial charge in [0.2, 0.25) is 11.0 Å². The molecule has 4 rings (SSSR count). The van der Waals surface area contributed by atoms with Crippen molar-refractivity contribution in [1.82, 2.24) is 15.5 Å². The lowest BCUT2D eigenvalue weighted by atomic mass is 9.91. The SMILES string of the molecule is Cc1nnc(N2CC[C@@H]3C[C@H](C(=O)NC4CCC4)O[C@H]3C2)s1. The highest BCUT2D eigenvalue weighted by atomic mass is 32.1. The number of fused-ring (bicyclic) bond motifs is 1. The summed E-state index contributed by atoms with van der Waals surface area (Å²) in [6.07, 6.45) is 5.30. The molecule has 120 valence electrons. The summed E-state index contributed by atoms with van der Waals surface area (Å²) < 4.78 is 6.06. The molecule has 1 saturated carbocycles. The topological polar surface area (TPSA) is 67.4 Å². The number of aromatic nitrogens is 2. The Kier molecular flexibility index (Phi) is 3.78. The second kappa shape index (κ2) is 5.77. The number of aryl methyl sites for hydroxylation is 1. The average Bonchev–Trinajstić information content (AvgIpc) is 3.07. The number of rotatable bonds is 3. The molecule has 3 atom stereocenters. The normalized spacial score (nSPS) is 31.7. The molecular weight excluding hydrogens is 300 g/mol. The molecule has 0 spiro atoms. The predicted octanol–water partition coefficient (Wildman–Crippen LogP) is 1.50. The predicted molar refractivity (Wildman–Crippen MR) is 84.0 cm³/mol. The largest absolute Gasteiger partial charge is 0.363 e. The second-order valence-electron chi connectivity index (χ2n) is 6.63. The van der Waals surface area contributed by atoms with Crippen molar-refractivity contribution in [3.63, 3.8) is 0 Å². The van der Waals surface area contributed by atoms with Crippen molar-refractivity contribution in [2.45, 2.75) is 57.3 Å². The Morgan fingerprint density at radius 2 is 2.23 bits per heavy atom. The van der Waals surface area contributed by atoms with Crippen LogP contribution in [-0.2, 0) is 9.53 Å². The van der Waals surface area contributed by atoms with Gasteiger partial charge in [-0.2, -0.15) is 0 Å². The average molecular weight is 322 g/mol. The fraction of sp³-hybridized carbons (Fsp3) is 0.800. The van der Waals surface area contributed by atoms with Crippen LogP contribution < -0.4 is 10.2 Å². The molecule has 3 heterocycles. The second-order valence-corrected chi connectivity index (χ2v) is 7.79. The number of carbonyl (C=O) groups is 1. The summed E-state index contributed by atoms with van der Waals surface area (Å²) in [5.74, 6) is 0.597. The summed E-state index contributed by atoms with van der Waals surface area (Å²) >= 11 is 1.62. The van der Waals surface area contributed by atoms with Crippen molar-refractivity contribution in [3.8, 4) is 0 Å². The van der Waals surface area contributed by atoms with Gasteiger partial charge in [0.1, 0.15) is 11.1 Å². The zero-order chi connectivity index (χ0) is 15.1. The zero-order valence-electron chi connectivity index (χ0n) is 12.8. The number of hydrogen-bond donors (Lipinski definition) is 1. The smallest absolute Gasteiger partial charge is 0.249 e. The van der Waals surface area contributed by atoms with Crippen LogP contribution in [0.3, 0.4) is 0 Å². The van der Waals surface area contributed by atoms with E-state index in [1.165, 1.54) is 6.42 Å². The quantitative estimate of drug-likeness (QED) is 0.913. The summed E-state index contributed by atoms with van der Waals surface area (Å²) in [5.41, 5.74) is 0. The number of hydrogen-bond acceptors (Lipinski definition) is 6. The maximum atomic E-state index is 12.3. The summed E-state index contributed by atoms with van der Waals surface area (Å²) in [4.78, 5) is 14.5. The highest BCUT2D eigenvalue weighted by Gasteiger charge is 2.42. The van der Waals surface area contributed by atoms with Gasteiger partial charge in [-0.1, -0.05) is 11.3 Å². The fourth-order valence-corrected chi connectivity index (χ4v) is 4.26. The van der Waals surface area contributed by atoms with E-state index in [0.717, 1.165) is 48.9 Å². The fourth-order valence-electron chi connectivity index (χ4n) is 3.53. The molecule has 22 heavy (non-hydrogen) atoms. The molecule has 1 aromatic rings. The van der Waals surface area contributed by atoms with Crippen LogP contribution in [0.2, 0.25) is 0 Å². The van der Waals surface area contributed by atoms with E-state index in [9.17, 15) is 4.79 Å². The third kappa shape index (κ3) is 2.72.